The predicted molar refractivity (Wildman–Crippen MR) is 74.8 cm³/mol. The van der Waals surface area contributed by atoms with Gasteiger partial charge in [-0.15, -0.1) is 0 Å². The number of nitrogens with two attached hydrogens (primary N) is 1. The van der Waals surface area contributed by atoms with Gasteiger partial charge >= 0.3 is 0 Å². The molecular formula is C13H15BrFN3. The van der Waals surface area contributed by atoms with Crippen LogP contribution in [0.25, 0.3) is 11.3 Å². The van der Waals surface area contributed by atoms with Crippen molar-refractivity contribution < 1.29 is 4.39 Å². The van der Waals surface area contributed by atoms with Crippen molar-refractivity contribution in [3.05, 3.63) is 34.3 Å². The highest BCUT2D eigenvalue weighted by atomic mass is 79.9. The second kappa shape index (κ2) is 5.10. The lowest BCUT2D eigenvalue weighted by Gasteiger charge is -2.05. The molecule has 0 bridgehead atoms. The van der Waals surface area contributed by atoms with E-state index in [9.17, 15) is 4.39 Å². The quantitative estimate of drug-likeness (QED) is 0.941. The average Bonchev–Trinajstić information content (AvgIpc) is 2.68. The van der Waals surface area contributed by atoms with E-state index in [1.165, 1.54) is 6.07 Å². The Morgan fingerprint density at radius 2 is 2.11 bits per heavy atom. The number of aromatic nitrogens is 2. The zero-order chi connectivity index (χ0) is 13.3. The van der Waals surface area contributed by atoms with Crippen LogP contribution in [0.5, 0.6) is 0 Å². The molecule has 0 aliphatic carbocycles. The summed E-state index contributed by atoms with van der Waals surface area (Å²) in [4.78, 5) is 4.45. The maximum atomic E-state index is 13.9. The number of rotatable bonds is 3. The standard InChI is InChI=1S/C13H15BrFN3/c1-3-11-17-12(13(16)18(11)4-2)9-7-8(14)5-6-10(9)15/h5-7H,3-4,16H2,1-2H3. The molecule has 0 aliphatic heterocycles. The van der Waals surface area contributed by atoms with Crippen LogP contribution in [0.3, 0.4) is 0 Å². The van der Waals surface area contributed by atoms with Crippen LogP contribution in [0.1, 0.15) is 19.7 Å². The van der Waals surface area contributed by atoms with Gasteiger partial charge in [0.1, 0.15) is 23.2 Å². The van der Waals surface area contributed by atoms with Gasteiger partial charge in [-0.1, -0.05) is 22.9 Å². The first-order valence-corrected chi connectivity index (χ1v) is 6.68. The van der Waals surface area contributed by atoms with Gasteiger partial charge in [0.05, 0.1) is 0 Å². The molecule has 1 aromatic heterocycles. The molecule has 0 fully saturated rings. The van der Waals surface area contributed by atoms with E-state index in [1.807, 2.05) is 18.4 Å². The Hall–Kier alpha value is -1.36. The minimum Gasteiger partial charge on any atom is -0.383 e. The zero-order valence-electron chi connectivity index (χ0n) is 10.4. The van der Waals surface area contributed by atoms with E-state index in [-0.39, 0.29) is 5.82 Å². The number of imidazole rings is 1. The molecule has 0 atom stereocenters. The highest BCUT2D eigenvalue weighted by Gasteiger charge is 2.17. The van der Waals surface area contributed by atoms with Gasteiger partial charge in [-0.3, -0.25) is 0 Å². The smallest absolute Gasteiger partial charge is 0.132 e. The number of nitrogen functional groups attached to an aromatic ring is 1. The van der Waals surface area contributed by atoms with Crippen LogP contribution < -0.4 is 5.73 Å². The Morgan fingerprint density at radius 1 is 1.39 bits per heavy atom. The highest BCUT2D eigenvalue weighted by molar-refractivity contribution is 9.10. The van der Waals surface area contributed by atoms with Gasteiger partial charge in [-0.25, -0.2) is 9.37 Å². The summed E-state index contributed by atoms with van der Waals surface area (Å²) in [5, 5.41) is 0. The minimum atomic E-state index is -0.312. The normalized spacial score (nSPS) is 10.9. The second-order valence-electron chi connectivity index (χ2n) is 3.98. The van der Waals surface area contributed by atoms with Gasteiger partial charge in [-0.2, -0.15) is 0 Å². The van der Waals surface area contributed by atoms with E-state index in [4.69, 9.17) is 5.73 Å². The van der Waals surface area contributed by atoms with E-state index < -0.39 is 0 Å². The molecule has 2 aromatic rings. The molecule has 0 saturated heterocycles. The number of hydrogen-bond acceptors (Lipinski definition) is 2. The summed E-state index contributed by atoms with van der Waals surface area (Å²) in [6.07, 6.45) is 0.771. The zero-order valence-corrected chi connectivity index (χ0v) is 12.0. The molecule has 0 amide bonds. The number of aryl methyl sites for hydroxylation is 1. The third-order valence-corrected chi connectivity index (χ3v) is 3.40. The third-order valence-electron chi connectivity index (χ3n) is 2.90. The maximum absolute atomic E-state index is 13.9. The third kappa shape index (κ3) is 2.14. The lowest BCUT2D eigenvalue weighted by atomic mass is 10.1. The summed E-state index contributed by atoms with van der Waals surface area (Å²) in [6, 6.07) is 4.77. The van der Waals surface area contributed by atoms with Gasteiger partial charge in [0, 0.05) is 23.0 Å². The molecule has 1 heterocycles. The fourth-order valence-corrected chi connectivity index (χ4v) is 2.37. The molecule has 0 radical (unpaired) electrons. The van der Waals surface area contributed by atoms with Gasteiger partial charge in [0.2, 0.25) is 0 Å². The Balaban J connectivity index is 2.64. The molecular weight excluding hydrogens is 297 g/mol. The first kappa shape index (κ1) is 13.1. The summed E-state index contributed by atoms with van der Waals surface area (Å²) in [7, 11) is 0. The molecule has 0 spiro atoms. The topological polar surface area (TPSA) is 43.8 Å². The monoisotopic (exact) mass is 311 g/mol. The SMILES string of the molecule is CCc1nc(-c2cc(Br)ccc2F)c(N)n1CC. The van der Waals surface area contributed by atoms with Gasteiger partial charge in [-0.05, 0) is 25.1 Å². The lowest BCUT2D eigenvalue weighted by molar-refractivity contribution is 0.630. The molecule has 3 nitrogen and oxygen atoms in total. The van der Waals surface area contributed by atoms with Crippen LogP contribution in [0.15, 0.2) is 22.7 Å². The minimum absolute atomic E-state index is 0.312. The molecule has 1 aromatic carbocycles. The van der Waals surface area contributed by atoms with Crippen molar-refractivity contribution in [1.29, 1.82) is 0 Å². The number of benzene rings is 1. The summed E-state index contributed by atoms with van der Waals surface area (Å²) in [5.74, 6) is 1.09. The number of anilines is 1. The Bertz CT molecular complexity index is 578. The summed E-state index contributed by atoms with van der Waals surface area (Å²) >= 11 is 3.34. The van der Waals surface area contributed by atoms with Crippen molar-refractivity contribution in [2.24, 2.45) is 0 Å². The fourth-order valence-electron chi connectivity index (χ4n) is 2.01. The highest BCUT2D eigenvalue weighted by Crippen LogP contribution is 2.30. The van der Waals surface area contributed by atoms with Crippen LogP contribution >= 0.6 is 15.9 Å². The van der Waals surface area contributed by atoms with Gasteiger partial charge in [0.25, 0.3) is 0 Å². The average molecular weight is 312 g/mol. The number of nitrogens with zero attached hydrogens (tertiary/aromatic N) is 2. The molecule has 18 heavy (non-hydrogen) atoms. The van der Waals surface area contributed by atoms with Crippen molar-refractivity contribution in [2.75, 3.05) is 5.73 Å². The van der Waals surface area contributed by atoms with E-state index >= 15 is 0 Å². The number of halogens is 2. The fraction of sp³-hybridized carbons (Fsp3) is 0.308. The van der Waals surface area contributed by atoms with Crippen LogP contribution in [-0.2, 0) is 13.0 Å². The van der Waals surface area contributed by atoms with Crippen LogP contribution in [0, 0.1) is 5.82 Å². The van der Waals surface area contributed by atoms with Crippen LogP contribution in [0.2, 0.25) is 0 Å². The van der Waals surface area contributed by atoms with E-state index in [0.717, 1.165) is 23.3 Å². The van der Waals surface area contributed by atoms with Crippen molar-refractivity contribution in [1.82, 2.24) is 9.55 Å². The summed E-state index contributed by atoms with van der Waals surface area (Å²) in [5.41, 5.74) is 7.01. The maximum Gasteiger partial charge on any atom is 0.132 e. The largest absolute Gasteiger partial charge is 0.383 e. The molecule has 0 saturated carbocycles. The van der Waals surface area contributed by atoms with E-state index in [1.54, 1.807) is 12.1 Å². The van der Waals surface area contributed by atoms with E-state index in [0.29, 0.717) is 17.1 Å². The predicted octanol–water partition coefficient (Wildman–Crippen LogP) is 3.62. The summed E-state index contributed by atoms with van der Waals surface area (Å²) in [6.45, 7) is 4.74. The molecule has 0 aliphatic rings. The lowest BCUT2D eigenvalue weighted by Crippen LogP contribution is -2.04. The Kier molecular flexibility index (Phi) is 3.71. The summed E-state index contributed by atoms with van der Waals surface area (Å²) < 4.78 is 16.6. The first-order valence-electron chi connectivity index (χ1n) is 5.88. The second-order valence-corrected chi connectivity index (χ2v) is 4.90. The number of hydrogen-bond donors (Lipinski definition) is 1. The van der Waals surface area contributed by atoms with E-state index in [2.05, 4.69) is 20.9 Å². The van der Waals surface area contributed by atoms with Gasteiger partial charge in [0.15, 0.2) is 0 Å². The molecule has 2 N–H and O–H groups in total. The molecule has 2 rings (SSSR count). The van der Waals surface area contributed by atoms with Crippen LogP contribution in [0.4, 0.5) is 10.2 Å². The molecule has 5 heteroatoms. The van der Waals surface area contributed by atoms with Crippen molar-refractivity contribution in [2.45, 2.75) is 26.8 Å². The first-order chi connectivity index (χ1) is 8.58. The van der Waals surface area contributed by atoms with Crippen molar-refractivity contribution in [3.63, 3.8) is 0 Å². The van der Waals surface area contributed by atoms with Gasteiger partial charge < -0.3 is 10.3 Å². The molecule has 0 unspecified atom stereocenters. The Labute approximate surface area is 114 Å². The van der Waals surface area contributed by atoms with Crippen molar-refractivity contribution >= 4 is 21.7 Å². The Morgan fingerprint density at radius 3 is 2.67 bits per heavy atom. The van der Waals surface area contributed by atoms with Crippen LogP contribution in [-0.4, -0.2) is 9.55 Å². The molecule has 96 valence electrons. The van der Waals surface area contributed by atoms with Crippen molar-refractivity contribution in [3.8, 4) is 11.3 Å².